The molecule has 0 spiro atoms. The number of hydrogen-bond donors (Lipinski definition) is 0. The molecule has 13 heteroatoms. The van der Waals surface area contributed by atoms with E-state index in [1.165, 1.54) is 0 Å². The van der Waals surface area contributed by atoms with Gasteiger partial charge in [0, 0.05) is 88.0 Å². The van der Waals surface area contributed by atoms with Crippen molar-refractivity contribution in [3.05, 3.63) is 346 Å². The van der Waals surface area contributed by atoms with E-state index in [0.717, 1.165) is 177 Å². The van der Waals surface area contributed by atoms with Gasteiger partial charge in [0.05, 0.1) is 33.8 Å². The predicted molar refractivity (Wildman–Crippen MR) is 423 cm³/mol. The van der Waals surface area contributed by atoms with Gasteiger partial charge in [0.1, 0.15) is 22.1 Å². The minimum atomic E-state index is 0.625. The molecule has 0 N–H and O–H groups in total. The first-order valence-corrected chi connectivity index (χ1v) is 34.9. The number of fused-ring (bicyclic) bond motifs is 10. The van der Waals surface area contributed by atoms with Crippen molar-refractivity contribution in [1.29, 1.82) is 0 Å². The molecule has 14 aromatic carbocycles. The van der Waals surface area contributed by atoms with E-state index < -0.39 is 0 Å². The van der Waals surface area contributed by atoms with Gasteiger partial charge in [0.25, 0.3) is 0 Å². The molecule has 106 heavy (non-hydrogen) atoms. The summed E-state index contributed by atoms with van der Waals surface area (Å²) in [6, 6.07) is 118. The summed E-state index contributed by atoms with van der Waals surface area (Å²) in [6.07, 6.45) is 0. The van der Waals surface area contributed by atoms with Crippen LogP contribution in [0.5, 0.6) is 0 Å². The van der Waals surface area contributed by atoms with E-state index in [-0.39, 0.29) is 0 Å². The summed E-state index contributed by atoms with van der Waals surface area (Å²) >= 11 is 0. The highest BCUT2D eigenvalue weighted by Crippen LogP contribution is 2.44. The number of aromatic nitrogens is 11. The van der Waals surface area contributed by atoms with Gasteiger partial charge in [-0.2, -0.15) is 0 Å². The van der Waals surface area contributed by atoms with E-state index in [2.05, 4.69) is 184 Å². The van der Waals surface area contributed by atoms with Crippen LogP contribution in [0.4, 0.5) is 0 Å². The molecule has 0 saturated heterocycles. The Labute approximate surface area is 607 Å². The number of hydrogen-bond acceptors (Lipinski definition) is 13. The Morgan fingerprint density at radius 2 is 0.443 bits per heavy atom. The Kier molecular flexibility index (Phi) is 15.9. The number of nitrogens with zero attached hydrogens (tertiary/aromatic N) is 11. The zero-order chi connectivity index (χ0) is 70.3. The average Bonchev–Trinajstić information content (AvgIpc) is 1.34. The standard InChI is InChI=1S/C47H29N5O.C46H28N6O/c1-4-12-32(13-5-1)38-28-39-43(46-45(38)51-53-52-46)37-18-10-11-19-40(37)48-44(39)35-26-22-31(23-27-35)30-20-24-34(25-21-30)42-29-41(33-14-6-2-7-15-33)49-47(50-42)36-16-8-3-9-17-36;1-4-12-31(13-5-1)37-28-38-40(43-42(37)51-53-52-43)36-18-10-11-19-39(36)47-41(38)32-24-20-29(21-25-32)30-22-26-35(27-23-30)46-49-44(33-14-6-2-7-15-33)48-45(50-46)34-16-8-3-9-17-34/h1-29H;1-28H. The van der Waals surface area contributed by atoms with Crippen LogP contribution in [0.15, 0.2) is 355 Å². The van der Waals surface area contributed by atoms with Crippen molar-refractivity contribution >= 4 is 65.4 Å². The van der Waals surface area contributed by atoms with E-state index in [4.69, 9.17) is 44.1 Å². The van der Waals surface area contributed by atoms with Gasteiger partial charge in [0.2, 0.25) is 0 Å². The molecule has 6 heterocycles. The van der Waals surface area contributed by atoms with Crippen molar-refractivity contribution in [3.8, 4) is 135 Å². The number of pyridine rings is 2. The van der Waals surface area contributed by atoms with Crippen molar-refractivity contribution in [1.82, 2.24) is 55.5 Å². The summed E-state index contributed by atoms with van der Waals surface area (Å²) in [5, 5.41) is 23.5. The van der Waals surface area contributed by atoms with Gasteiger partial charge in [0.15, 0.2) is 23.3 Å². The Morgan fingerprint density at radius 1 is 0.179 bits per heavy atom. The molecule has 0 atom stereocenters. The van der Waals surface area contributed by atoms with E-state index in [1.807, 2.05) is 182 Å². The molecule has 0 aliphatic heterocycles. The van der Waals surface area contributed by atoms with Crippen LogP contribution >= 0.6 is 0 Å². The SMILES string of the molecule is c1ccc(-c2cc(-c3ccc(-c4ccc(-c5nc6ccccc6c6c5cc(-c5ccccc5)c5nonc56)cc4)cc3)nc(-c3ccccc3)n2)cc1.c1ccc(-c2nc(-c3ccccc3)nc(-c3ccc(-c4ccc(-c5nc6ccccc6c6c5cc(-c5ccccc5)c5nonc56)cc4)cc3)n2)cc1. The molecule has 20 rings (SSSR count). The fraction of sp³-hybridized carbons (Fsp3) is 0. The fourth-order valence-corrected chi connectivity index (χ4v) is 14.1. The zero-order valence-corrected chi connectivity index (χ0v) is 56.6. The van der Waals surface area contributed by atoms with Gasteiger partial charge in [-0.3, -0.25) is 0 Å². The third-order valence-electron chi connectivity index (χ3n) is 19.4. The Balaban J connectivity index is 0.000000145. The van der Waals surface area contributed by atoms with Crippen molar-refractivity contribution in [2.75, 3.05) is 0 Å². The molecule has 0 fully saturated rings. The van der Waals surface area contributed by atoms with Gasteiger partial charge in [-0.1, -0.05) is 315 Å². The normalized spacial score (nSPS) is 11.4. The molecule has 496 valence electrons. The van der Waals surface area contributed by atoms with Gasteiger partial charge in [-0.15, -0.1) is 0 Å². The van der Waals surface area contributed by atoms with E-state index >= 15 is 0 Å². The molecule has 20 aromatic rings. The second-order valence-corrected chi connectivity index (χ2v) is 25.8. The smallest absolute Gasteiger partial charge is 0.164 e. The van der Waals surface area contributed by atoms with Crippen LogP contribution < -0.4 is 0 Å². The third kappa shape index (κ3) is 11.8. The summed E-state index contributed by atoms with van der Waals surface area (Å²) in [4.78, 5) is 35.0. The minimum Gasteiger partial charge on any atom is -0.247 e. The van der Waals surface area contributed by atoms with E-state index in [1.54, 1.807) is 0 Å². The fourth-order valence-electron chi connectivity index (χ4n) is 14.1. The van der Waals surface area contributed by atoms with Crippen LogP contribution in [0.1, 0.15) is 0 Å². The molecular formula is C93H57N11O2. The van der Waals surface area contributed by atoms with E-state index in [0.29, 0.717) is 23.3 Å². The summed E-state index contributed by atoms with van der Waals surface area (Å²) in [5.74, 6) is 2.61. The topological polar surface area (TPSA) is 168 Å². The molecule has 0 bridgehead atoms. The van der Waals surface area contributed by atoms with Crippen LogP contribution in [0.3, 0.4) is 0 Å². The number of benzene rings is 14. The second kappa shape index (κ2) is 27.0. The van der Waals surface area contributed by atoms with Crippen LogP contribution in [-0.4, -0.2) is 55.5 Å². The molecular weight excluding hydrogens is 1300 g/mol. The molecule has 0 unspecified atom stereocenters. The Morgan fingerprint density at radius 3 is 0.811 bits per heavy atom. The second-order valence-electron chi connectivity index (χ2n) is 25.8. The summed E-state index contributed by atoms with van der Waals surface area (Å²) in [5.41, 5.74) is 24.5. The van der Waals surface area contributed by atoms with E-state index in [9.17, 15) is 0 Å². The summed E-state index contributed by atoms with van der Waals surface area (Å²) in [7, 11) is 0. The predicted octanol–water partition coefficient (Wildman–Crippen LogP) is 22.8. The zero-order valence-electron chi connectivity index (χ0n) is 56.6. The Bertz CT molecular complexity index is 6110. The molecule has 0 amide bonds. The molecule has 0 radical (unpaired) electrons. The maximum absolute atomic E-state index is 5.36. The number of rotatable bonds is 12. The monoisotopic (exact) mass is 1360 g/mol. The highest BCUT2D eigenvalue weighted by atomic mass is 16.6. The van der Waals surface area contributed by atoms with Crippen molar-refractivity contribution in [2.45, 2.75) is 0 Å². The van der Waals surface area contributed by atoms with Crippen LogP contribution in [-0.2, 0) is 0 Å². The van der Waals surface area contributed by atoms with Gasteiger partial charge >= 0.3 is 0 Å². The highest BCUT2D eigenvalue weighted by Gasteiger charge is 2.23. The molecule has 0 aliphatic carbocycles. The van der Waals surface area contributed by atoms with Crippen LogP contribution in [0.2, 0.25) is 0 Å². The largest absolute Gasteiger partial charge is 0.247 e. The lowest BCUT2D eigenvalue weighted by Crippen LogP contribution is -2.00. The first-order valence-electron chi connectivity index (χ1n) is 34.9. The molecule has 0 saturated carbocycles. The maximum Gasteiger partial charge on any atom is 0.164 e. The molecule has 13 nitrogen and oxygen atoms in total. The van der Waals surface area contributed by atoms with Crippen LogP contribution in [0.25, 0.3) is 201 Å². The van der Waals surface area contributed by atoms with Crippen molar-refractivity contribution in [2.24, 2.45) is 0 Å². The van der Waals surface area contributed by atoms with Crippen molar-refractivity contribution < 1.29 is 9.26 Å². The first kappa shape index (κ1) is 62.3. The number of para-hydroxylation sites is 2. The van der Waals surface area contributed by atoms with Gasteiger partial charge in [-0.05, 0) is 84.3 Å². The first-order chi connectivity index (χ1) is 52.5. The lowest BCUT2D eigenvalue weighted by Gasteiger charge is -2.13. The lowest BCUT2D eigenvalue weighted by atomic mass is 9.93. The minimum absolute atomic E-state index is 0.625. The van der Waals surface area contributed by atoms with Crippen LogP contribution in [0, 0.1) is 0 Å². The quantitative estimate of drug-likeness (QED) is 0.106. The highest BCUT2D eigenvalue weighted by molar-refractivity contribution is 6.24. The van der Waals surface area contributed by atoms with Crippen molar-refractivity contribution in [3.63, 3.8) is 0 Å². The summed E-state index contributed by atoms with van der Waals surface area (Å²) in [6.45, 7) is 0. The summed E-state index contributed by atoms with van der Waals surface area (Å²) < 4.78 is 10.7. The van der Waals surface area contributed by atoms with Gasteiger partial charge in [-0.25, -0.2) is 44.1 Å². The maximum atomic E-state index is 5.36. The Hall–Kier alpha value is -14.7. The lowest BCUT2D eigenvalue weighted by molar-refractivity contribution is 0.316. The molecule has 0 aliphatic rings. The third-order valence-corrected chi connectivity index (χ3v) is 19.4. The van der Waals surface area contributed by atoms with Gasteiger partial charge < -0.3 is 0 Å². The molecule has 6 aromatic heterocycles. The average molecular weight is 1360 g/mol.